The molecule has 4 N–H and O–H groups in total. The largest absolute Gasteiger partial charge is 0.368 e. The average Bonchev–Trinajstić information content (AvgIpc) is 3.22. The normalized spacial score (nSPS) is 15.6. The molecule has 0 unspecified atom stereocenters. The predicted octanol–water partition coefficient (Wildman–Crippen LogP) is 1.06. The van der Waals surface area contributed by atoms with E-state index in [4.69, 9.17) is 5.73 Å². The Balaban J connectivity index is 1.62. The van der Waals surface area contributed by atoms with Crippen molar-refractivity contribution in [3.8, 4) is 0 Å². The number of benzene rings is 2. The fourth-order valence-electron chi connectivity index (χ4n) is 2.81. The number of carbonyl (C=O) groups excluding carboxylic acids is 4. The summed E-state index contributed by atoms with van der Waals surface area (Å²) >= 11 is 1.52. The summed E-state index contributed by atoms with van der Waals surface area (Å²) < 4.78 is 0. The van der Waals surface area contributed by atoms with Crippen LogP contribution >= 0.6 is 11.8 Å². The molecule has 8 nitrogen and oxygen atoms in total. The van der Waals surface area contributed by atoms with Gasteiger partial charge in [0, 0.05) is 22.6 Å². The van der Waals surface area contributed by atoms with Crippen LogP contribution in [0.25, 0.3) is 0 Å². The van der Waals surface area contributed by atoms with Gasteiger partial charge in [-0.1, -0.05) is 18.2 Å². The van der Waals surface area contributed by atoms with E-state index in [-0.39, 0.29) is 18.4 Å². The molecule has 1 saturated heterocycles. The zero-order valence-corrected chi connectivity index (χ0v) is 16.3. The van der Waals surface area contributed by atoms with E-state index in [1.54, 1.807) is 41.3 Å². The van der Waals surface area contributed by atoms with Crippen molar-refractivity contribution in [2.45, 2.75) is 6.04 Å². The van der Waals surface area contributed by atoms with Crippen LogP contribution in [0.2, 0.25) is 0 Å². The first-order chi connectivity index (χ1) is 14.0. The van der Waals surface area contributed by atoms with Gasteiger partial charge in [0.15, 0.2) is 0 Å². The van der Waals surface area contributed by atoms with Crippen molar-refractivity contribution in [3.05, 3.63) is 65.7 Å². The molecule has 29 heavy (non-hydrogen) atoms. The number of thioether (sulfide) groups is 1. The van der Waals surface area contributed by atoms with Gasteiger partial charge in [0.25, 0.3) is 11.8 Å². The fraction of sp³-hybridized carbons (Fsp3) is 0.200. The molecule has 1 heterocycles. The highest BCUT2D eigenvalue weighted by Crippen LogP contribution is 2.24. The second-order valence-corrected chi connectivity index (χ2v) is 7.37. The van der Waals surface area contributed by atoms with Crippen LogP contribution in [0.4, 0.5) is 5.69 Å². The first-order valence-corrected chi connectivity index (χ1v) is 10.0. The molecule has 4 amide bonds. The lowest BCUT2D eigenvalue weighted by atomic mass is 10.1. The van der Waals surface area contributed by atoms with E-state index in [1.165, 1.54) is 23.9 Å². The van der Waals surface area contributed by atoms with Gasteiger partial charge in [-0.2, -0.15) is 0 Å². The molecule has 0 saturated carbocycles. The van der Waals surface area contributed by atoms with Crippen LogP contribution in [-0.4, -0.2) is 52.7 Å². The Hall–Kier alpha value is -3.33. The molecule has 0 spiro atoms. The SMILES string of the molecule is NC(=O)CNC(=O)c1ccc(NC(=O)[C@@H]2CSCN2C(=O)c2ccccc2)cc1. The van der Waals surface area contributed by atoms with Crippen LogP contribution in [-0.2, 0) is 9.59 Å². The van der Waals surface area contributed by atoms with Crippen molar-refractivity contribution in [2.24, 2.45) is 5.73 Å². The minimum atomic E-state index is -0.633. The summed E-state index contributed by atoms with van der Waals surface area (Å²) in [5.41, 5.74) is 6.38. The van der Waals surface area contributed by atoms with Gasteiger partial charge in [-0.3, -0.25) is 19.2 Å². The van der Waals surface area contributed by atoms with E-state index in [0.29, 0.717) is 28.4 Å². The van der Waals surface area contributed by atoms with Gasteiger partial charge in [-0.15, -0.1) is 11.8 Å². The number of nitrogens with zero attached hydrogens (tertiary/aromatic N) is 1. The molecule has 1 atom stereocenters. The van der Waals surface area contributed by atoms with Crippen molar-refractivity contribution >= 4 is 41.1 Å². The Labute approximate surface area is 171 Å². The Morgan fingerprint density at radius 1 is 1.00 bits per heavy atom. The highest BCUT2D eigenvalue weighted by molar-refractivity contribution is 7.99. The number of rotatable bonds is 6. The number of hydrogen-bond acceptors (Lipinski definition) is 5. The standard InChI is InChI=1S/C20H20N4O4S/c21-17(25)10-22-18(26)13-6-8-15(9-7-13)23-19(27)16-11-29-12-24(16)20(28)14-4-2-1-3-5-14/h1-9,16H,10-12H2,(H2,21,25)(H,22,26)(H,23,27)/t16-/m0/s1. The molecule has 0 bridgehead atoms. The third kappa shape index (κ3) is 5.14. The molecule has 9 heteroatoms. The molecular weight excluding hydrogens is 392 g/mol. The third-order valence-corrected chi connectivity index (χ3v) is 5.32. The van der Waals surface area contributed by atoms with Crippen LogP contribution in [0.1, 0.15) is 20.7 Å². The topological polar surface area (TPSA) is 122 Å². The summed E-state index contributed by atoms with van der Waals surface area (Å²) in [4.78, 5) is 49.6. The van der Waals surface area contributed by atoms with Crippen molar-refractivity contribution in [1.82, 2.24) is 10.2 Å². The molecular formula is C20H20N4O4S. The molecule has 2 aromatic rings. The summed E-state index contributed by atoms with van der Waals surface area (Å²) in [6.07, 6.45) is 0. The van der Waals surface area contributed by atoms with Crippen LogP contribution in [0.15, 0.2) is 54.6 Å². The van der Waals surface area contributed by atoms with Crippen LogP contribution in [0.3, 0.4) is 0 Å². The Morgan fingerprint density at radius 3 is 2.34 bits per heavy atom. The third-order valence-electron chi connectivity index (χ3n) is 4.30. The molecule has 1 fully saturated rings. The van der Waals surface area contributed by atoms with E-state index >= 15 is 0 Å². The zero-order chi connectivity index (χ0) is 20.8. The first kappa shape index (κ1) is 20.4. The summed E-state index contributed by atoms with van der Waals surface area (Å²) in [5.74, 6) is -0.579. The number of hydrogen-bond donors (Lipinski definition) is 3. The van der Waals surface area contributed by atoms with E-state index in [0.717, 1.165) is 0 Å². The van der Waals surface area contributed by atoms with Gasteiger partial charge < -0.3 is 21.3 Å². The minimum Gasteiger partial charge on any atom is -0.368 e. The van der Waals surface area contributed by atoms with Crippen LogP contribution in [0, 0.1) is 0 Å². The monoisotopic (exact) mass is 412 g/mol. The minimum absolute atomic E-state index is 0.183. The molecule has 150 valence electrons. The maximum Gasteiger partial charge on any atom is 0.255 e. The zero-order valence-electron chi connectivity index (χ0n) is 15.5. The van der Waals surface area contributed by atoms with Crippen molar-refractivity contribution < 1.29 is 19.2 Å². The molecule has 0 aliphatic carbocycles. The highest BCUT2D eigenvalue weighted by Gasteiger charge is 2.35. The second-order valence-electron chi connectivity index (χ2n) is 6.37. The molecule has 0 radical (unpaired) electrons. The fourth-order valence-corrected chi connectivity index (χ4v) is 3.96. The lowest BCUT2D eigenvalue weighted by molar-refractivity contribution is -0.119. The van der Waals surface area contributed by atoms with Crippen molar-refractivity contribution in [3.63, 3.8) is 0 Å². The maximum atomic E-state index is 12.7. The number of primary amides is 1. The Morgan fingerprint density at radius 2 is 1.69 bits per heavy atom. The Bertz CT molecular complexity index is 918. The van der Waals surface area contributed by atoms with Gasteiger partial charge in [0.05, 0.1) is 12.4 Å². The molecule has 2 aromatic carbocycles. The van der Waals surface area contributed by atoms with Crippen molar-refractivity contribution in [1.29, 1.82) is 0 Å². The summed E-state index contributed by atoms with van der Waals surface area (Å²) in [6.45, 7) is -0.248. The van der Waals surface area contributed by atoms with Gasteiger partial charge >= 0.3 is 0 Å². The molecule has 1 aliphatic heterocycles. The maximum absolute atomic E-state index is 12.7. The van der Waals surface area contributed by atoms with E-state index in [1.807, 2.05) is 6.07 Å². The van der Waals surface area contributed by atoms with Crippen LogP contribution < -0.4 is 16.4 Å². The van der Waals surface area contributed by atoms with Gasteiger partial charge in [0.1, 0.15) is 6.04 Å². The lowest BCUT2D eigenvalue weighted by Gasteiger charge is -2.23. The lowest BCUT2D eigenvalue weighted by Crippen LogP contribution is -2.44. The highest BCUT2D eigenvalue weighted by atomic mass is 32.2. The first-order valence-electron chi connectivity index (χ1n) is 8.87. The van der Waals surface area contributed by atoms with E-state index in [2.05, 4.69) is 10.6 Å². The quantitative estimate of drug-likeness (QED) is 0.655. The average molecular weight is 412 g/mol. The summed E-state index contributed by atoms with van der Waals surface area (Å²) in [5, 5.41) is 5.17. The van der Waals surface area contributed by atoms with Gasteiger partial charge in [-0.25, -0.2) is 0 Å². The van der Waals surface area contributed by atoms with E-state index in [9.17, 15) is 19.2 Å². The number of nitrogens with one attached hydrogen (secondary N) is 2. The summed E-state index contributed by atoms with van der Waals surface area (Å²) in [7, 11) is 0. The second kappa shape index (κ2) is 9.24. The Kier molecular flexibility index (Phi) is 6.50. The van der Waals surface area contributed by atoms with Crippen LogP contribution in [0.5, 0.6) is 0 Å². The molecule has 0 aromatic heterocycles. The number of nitrogens with two attached hydrogens (primary N) is 1. The smallest absolute Gasteiger partial charge is 0.255 e. The summed E-state index contributed by atoms with van der Waals surface area (Å²) in [6, 6.07) is 14.5. The predicted molar refractivity (Wildman–Crippen MR) is 110 cm³/mol. The van der Waals surface area contributed by atoms with Crippen molar-refractivity contribution in [2.75, 3.05) is 23.5 Å². The number of anilines is 1. The van der Waals surface area contributed by atoms with Gasteiger partial charge in [-0.05, 0) is 36.4 Å². The van der Waals surface area contributed by atoms with E-state index < -0.39 is 17.9 Å². The van der Waals surface area contributed by atoms with Gasteiger partial charge in [0.2, 0.25) is 11.8 Å². The molecule has 3 rings (SSSR count). The number of amides is 4. The molecule has 1 aliphatic rings. The number of carbonyl (C=O) groups is 4.